The van der Waals surface area contributed by atoms with Crippen LogP contribution in [0.15, 0.2) is 88.9 Å². The number of nitrogens with one attached hydrogen (secondary N) is 1. The number of ether oxygens (including phenoxy) is 1. The summed E-state index contributed by atoms with van der Waals surface area (Å²) >= 11 is 1.19. The molecule has 0 bridgehead atoms. The number of aromatic carboxylic acids is 1. The zero-order valence-corrected chi connectivity index (χ0v) is 20.8. The number of aryl methyl sites for hydroxylation is 1. The van der Waals surface area contributed by atoms with Crippen molar-refractivity contribution in [2.24, 2.45) is 4.99 Å². The van der Waals surface area contributed by atoms with Crippen LogP contribution in [-0.4, -0.2) is 39.0 Å². The predicted octanol–water partition coefficient (Wildman–Crippen LogP) is 5.45. The zero-order valence-electron chi connectivity index (χ0n) is 20.0. The monoisotopic (exact) mass is 510 g/mol. The molecule has 2 heterocycles. The molecule has 9 heteroatoms. The molecule has 184 valence electrons. The van der Waals surface area contributed by atoms with E-state index in [9.17, 15) is 14.7 Å². The standard InChI is InChI=1S/C28H22N4O4S/c1-17-8-9-19(27(34)35)14-23(17)29-28-30-26(33)24(37-28)15-20-16-32(21-6-4-3-5-7-21)31-25(20)18-10-12-22(36-2)13-11-18/h3-16H,1-2H3,(H,34,35)(H,29,30,33)/b24-15-. The first kappa shape index (κ1) is 24.1. The molecule has 8 nitrogen and oxygen atoms in total. The molecule has 3 aromatic carbocycles. The van der Waals surface area contributed by atoms with E-state index in [0.29, 0.717) is 21.5 Å². The first-order valence-electron chi connectivity index (χ1n) is 11.3. The Morgan fingerprint density at radius 3 is 2.57 bits per heavy atom. The van der Waals surface area contributed by atoms with Crippen LogP contribution in [0.5, 0.6) is 5.75 Å². The highest BCUT2D eigenvalue weighted by Crippen LogP contribution is 2.33. The lowest BCUT2D eigenvalue weighted by Gasteiger charge is -2.03. The normalized spacial score (nSPS) is 15.2. The molecule has 1 amide bonds. The summed E-state index contributed by atoms with van der Waals surface area (Å²) in [6, 6.07) is 22.0. The summed E-state index contributed by atoms with van der Waals surface area (Å²) in [7, 11) is 1.61. The molecule has 0 radical (unpaired) electrons. The number of benzene rings is 3. The van der Waals surface area contributed by atoms with E-state index in [1.165, 1.54) is 23.9 Å². The number of carboxylic acid groups (broad SMARTS) is 1. The van der Waals surface area contributed by atoms with E-state index in [2.05, 4.69) is 10.3 Å². The maximum Gasteiger partial charge on any atom is 0.335 e. The number of para-hydroxylation sites is 1. The number of hydrogen-bond donors (Lipinski definition) is 2. The fourth-order valence-electron chi connectivity index (χ4n) is 3.77. The van der Waals surface area contributed by atoms with Crippen molar-refractivity contribution in [3.8, 4) is 22.7 Å². The van der Waals surface area contributed by atoms with E-state index >= 15 is 0 Å². The van der Waals surface area contributed by atoms with Gasteiger partial charge in [-0.05, 0) is 78.9 Å². The van der Waals surface area contributed by atoms with Gasteiger partial charge in [0.1, 0.15) is 5.75 Å². The summed E-state index contributed by atoms with van der Waals surface area (Å²) < 4.78 is 7.06. The number of aromatic nitrogens is 2. The molecule has 1 saturated heterocycles. The van der Waals surface area contributed by atoms with Crippen molar-refractivity contribution >= 4 is 40.6 Å². The maximum atomic E-state index is 12.8. The highest BCUT2D eigenvalue weighted by Gasteiger charge is 2.25. The lowest BCUT2D eigenvalue weighted by Crippen LogP contribution is -2.19. The van der Waals surface area contributed by atoms with Crippen LogP contribution in [0.4, 0.5) is 5.69 Å². The molecular formula is C28H22N4O4S. The van der Waals surface area contributed by atoms with Gasteiger partial charge in [-0.3, -0.25) is 4.79 Å². The topological polar surface area (TPSA) is 106 Å². The molecule has 0 saturated carbocycles. The second-order valence-electron chi connectivity index (χ2n) is 8.23. The van der Waals surface area contributed by atoms with E-state index in [0.717, 1.165) is 28.1 Å². The van der Waals surface area contributed by atoms with Crippen molar-refractivity contribution in [3.05, 3.63) is 101 Å². The fraction of sp³-hybridized carbons (Fsp3) is 0.0714. The Balaban J connectivity index is 1.52. The zero-order chi connectivity index (χ0) is 25.9. The molecule has 0 atom stereocenters. The number of nitrogens with zero attached hydrogens (tertiary/aromatic N) is 3. The van der Waals surface area contributed by atoms with E-state index in [-0.39, 0.29) is 11.5 Å². The van der Waals surface area contributed by atoms with Crippen molar-refractivity contribution in [1.29, 1.82) is 0 Å². The van der Waals surface area contributed by atoms with Crippen molar-refractivity contribution in [2.75, 3.05) is 7.11 Å². The fourth-order valence-corrected chi connectivity index (χ4v) is 4.60. The Morgan fingerprint density at radius 2 is 1.86 bits per heavy atom. The van der Waals surface area contributed by atoms with Crippen LogP contribution in [0.25, 0.3) is 23.0 Å². The van der Waals surface area contributed by atoms with Crippen LogP contribution in [-0.2, 0) is 4.79 Å². The minimum atomic E-state index is -1.04. The molecule has 2 N–H and O–H groups in total. The molecule has 4 aromatic rings. The minimum absolute atomic E-state index is 0.132. The molecule has 0 spiro atoms. The molecule has 37 heavy (non-hydrogen) atoms. The van der Waals surface area contributed by atoms with Gasteiger partial charge >= 0.3 is 5.97 Å². The number of carbonyl (C=O) groups excluding carboxylic acids is 1. The van der Waals surface area contributed by atoms with Crippen LogP contribution in [0.2, 0.25) is 0 Å². The quantitative estimate of drug-likeness (QED) is 0.334. The molecule has 0 unspecified atom stereocenters. The highest BCUT2D eigenvalue weighted by molar-refractivity contribution is 8.18. The van der Waals surface area contributed by atoms with Gasteiger partial charge in [-0.2, -0.15) is 5.10 Å². The van der Waals surface area contributed by atoms with Gasteiger partial charge in [0, 0.05) is 17.3 Å². The third-order valence-corrected chi connectivity index (χ3v) is 6.65. The lowest BCUT2D eigenvalue weighted by molar-refractivity contribution is -0.115. The van der Waals surface area contributed by atoms with Crippen LogP contribution in [0.1, 0.15) is 21.5 Å². The van der Waals surface area contributed by atoms with Gasteiger partial charge in [0.2, 0.25) is 0 Å². The number of methoxy groups -OCH3 is 1. The molecule has 1 aromatic heterocycles. The number of carboxylic acids is 1. The third-order valence-electron chi connectivity index (χ3n) is 5.74. The van der Waals surface area contributed by atoms with Gasteiger partial charge in [-0.1, -0.05) is 24.3 Å². The largest absolute Gasteiger partial charge is 0.497 e. The molecule has 0 aliphatic carbocycles. The smallest absolute Gasteiger partial charge is 0.335 e. The average Bonchev–Trinajstić information content (AvgIpc) is 3.49. The minimum Gasteiger partial charge on any atom is -0.497 e. The van der Waals surface area contributed by atoms with Crippen molar-refractivity contribution < 1.29 is 19.4 Å². The number of amidine groups is 1. The van der Waals surface area contributed by atoms with E-state index in [1.54, 1.807) is 23.9 Å². The van der Waals surface area contributed by atoms with Gasteiger partial charge in [-0.15, -0.1) is 0 Å². The summed E-state index contributed by atoms with van der Waals surface area (Å²) in [6.07, 6.45) is 3.67. The lowest BCUT2D eigenvalue weighted by atomic mass is 10.1. The Bertz CT molecular complexity index is 1560. The molecular weight excluding hydrogens is 488 g/mol. The maximum absolute atomic E-state index is 12.8. The second kappa shape index (κ2) is 10.2. The number of hydrogen-bond acceptors (Lipinski definition) is 6. The first-order chi connectivity index (χ1) is 17.9. The Hall–Kier alpha value is -4.63. The third kappa shape index (κ3) is 5.17. The summed E-state index contributed by atoms with van der Waals surface area (Å²) in [5.74, 6) is -0.587. The SMILES string of the molecule is COc1ccc(-c2nn(-c3ccccc3)cc2/C=C2\SC(=Nc3cc(C(=O)O)ccc3C)NC2=O)cc1. The molecule has 1 aliphatic heterocycles. The van der Waals surface area contributed by atoms with Gasteiger partial charge in [0.15, 0.2) is 5.17 Å². The first-order valence-corrected chi connectivity index (χ1v) is 12.2. The highest BCUT2D eigenvalue weighted by atomic mass is 32.2. The van der Waals surface area contributed by atoms with E-state index in [4.69, 9.17) is 9.84 Å². The predicted molar refractivity (Wildman–Crippen MR) is 144 cm³/mol. The van der Waals surface area contributed by atoms with Crippen molar-refractivity contribution in [3.63, 3.8) is 0 Å². The van der Waals surface area contributed by atoms with Gasteiger partial charge in [0.05, 0.1) is 34.6 Å². The Labute approximate surface area is 217 Å². The average molecular weight is 511 g/mol. The van der Waals surface area contributed by atoms with Gasteiger partial charge < -0.3 is 15.2 Å². The van der Waals surface area contributed by atoms with Gasteiger partial charge in [-0.25, -0.2) is 14.5 Å². The number of carbonyl (C=O) groups is 2. The van der Waals surface area contributed by atoms with E-state index in [1.807, 2.05) is 67.7 Å². The molecule has 1 fully saturated rings. The number of aliphatic imine (C=N–C) groups is 1. The van der Waals surface area contributed by atoms with Crippen LogP contribution in [0.3, 0.4) is 0 Å². The summed E-state index contributed by atoms with van der Waals surface area (Å²) in [5.41, 5.74) is 4.66. The summed E-state index contributed by atoms with van der Waals surface area (Å²) in [5, 5.41) is 17.3. The van der Waals surface area contributed by atoms with Crippen LogP contribution in [0, 0.1) is 6.92 Å². The number of amides is 1. The molecule has 5 rings (SSSR count). The number of thioether (sulfide) groups is 1. The van der Waals surface area contributed by atoms with Crippen LogP contribution >= 0.6 is 11.8 Å². The van der Waals surface area contributed by atoms with E-state index < -0.39 is 5.97 Å². The van der Waals surface area contributed by atoms with Crippen LogP contribution < -0.4 is 10.1 Å². The van der Waals surface area contributed by atoms with Crippen molar-refractivity contribution in [2.45, 2.75) is 6.92 Å². The second-order valence-corrected chi connectivity index (χ2v) is 9.26. The molecule has 1 aliphatic rings. The Kier molecular flexibility index (Phi) is 6.61. The Morgan fingerprint density at radius 1 is 1.11 bits per heavy atom. The van der Waals surface area contributed by atoms with Crippen molar-refractivity contribution in [1.82, 2.24) is 15.1 Å². The summed E-state index contributed by atoms with van der Waals surface area (Å²) in [6.45, 7) is 1.84. The number of rotatable bonds is 6. The summed E-state index contributed by atoms with van der Waals surface area (Å²) in [4.78, 5) is 29.1. The van der Waals surface area contributed by atoms with Gasteiger partial charge in [0.25, 0.3) is 5.91 Å².